The number of carbonyl (C=O) groups is 1. The molecule has 2 aromatic carbocycles. The molecular weight excluding hydrogens is 342 g/mol. The summed E-state index contributed by atoms with van der Waals surface area (Å²) < 4.78 is 6.09. The van der Waals surface area contributed by atoms with Crippen molar-refractivity contribution >= 4 is 21.9 Å². The molecule has 0 aliphatic heterocycles. The number of nitrogens with one attached hydrogen (secondary N) is 1. The molecule has 1 atom stereocenters. The summed E-state index contributed by atoms with van der Waals surface area (Å²) in [5, 5.41) is 3.48. The fraction of sp³-hybridized carbons (Fsp3) is 0.278. The van der Waals surface area contributed by atoms with Gasteiger partial charge in [0, 0.05) is 17.1 Å². The highest BCUT2D eigenvalue weighted by molar-refractivity contribution is 9.10. The van der Waals surface area contributed by atoms with Crippen LogP contribution in [0.4, 0.5) is 0 Å². The van der Waals surface area contributed by atoms with Gasteiger partial charge in [0.2, 0.25) is 0 Å². The number of halogens is 1. The van der Waals surface area contributed by atoms with Crippen LogP contribution < -0.4 is 5.32 Å². The summed E-state index contributed by atoms with van der Waals surface area (Å²) in [6, 6.07) is 15.9. The Labute approximate surface area is 139 Å². The molecule has 0 heterocycles. The predicted octanol–water partition coefficient (Wildman–Crippen LogP) is 4.48. The zero-order valence-electron chi connectivity index (χ0n) is 12.8. The first-order valence-electron chi connectivity index (χ1n) is 7.35. The molecule has 0 aromatic heterocycles. The van der Waals surface area contributed by atoms with Crippen LogP contribution in [-0.4, -0.2) is 12.6 Å². The Balaban J connectivity index is 1.96. The van der Waals surface area contributed by atoms with Crippen LogP contribution in [0.3, 0.4) is 0 Å². The van der Waals surface area contributed by atoms with Gasteiger partial charge in [-0.25, -0.2) is 4.79 Å². The molecule has 116 valence electrons. The monoisotopic (exact) mass is 361 g/mol. The van der Waals surface area contributed by atoms with Crippen molar-refractivity contribution in [1.29, 1.82) is 0 Å². The number of rotatable bonds is 6. The Morgan fingerprint density at radius 2 is 1.86 bits per heavy atom. The first kappa shape index (κ1) is 16.7. The van der Waals surface area contributed by atoms with E-state index in [4.69, 9.17) is 4.74 Å². The smallest absolute Gasteiger partial charge is 0.338 e. The van der Waals surface area contributed by atoms with Crippen molar-refractivity contribution in [1.82, 2.24) is 5.32 Å². The average molecular weight is 362 g/mol. The fourth-order valence-electron chi connectivity index (χ4n) is 2.14. The van der Waals surface area contributed by atoms with E-state index in [-0.39, 0.29) is 12.0 Å². The van der Waals surface area contributed by atoms with Gasteiger partial charge in [-0.1, -0.05) is 46.3 Å². The topological polar surface area (TPSA) is 38.3 Å². The van der Waals surface area contributed by atoms with E-state index in [1.54, 1.807) is 6.92 Å². The van der Waals surface area contributed by atoms with Crippen molar-refractivity contribution in [2.24, 2.45) is 0 Å². The molecule has 0 spiro atoms. The maximum absolute atomic E-state index is 11.6. The summed E-state index contributed by atoms with van der Waals surface area (Å²) in [4.78, 5) is 11.6. The minimum atomic E-state index is -0.275. The summed E-state index contributed by atoms with van der Waals surface area (Å²) in [5.74, 6) is -0.275. The van der Waals surface area contributed by atoms with Crippen molar-refractivity contribution in [2.45, 2.75) is 26.4 Å². The molecule has 4 heteroatoms. The van der Waals surface area contributed by atoms with Crippen molar-refractivity contribution in [2.75, 3.05) is 6.61 Å². The van der Waals surface area contributed by atoms with Crippen LogP contribution in [0.1, 0.15) is 41.4 Å². The van der Waals surface area contributed by atoms with Gasteiger partial charge < -0.3 is 10.1 Å². The lowest BCUT2D eigenvalue weighted by Crippen LogP contribution is -2.18. The lowest BCUT2D eigenvalue weighted by molar-refractivity contribution is 0.0526. The van der Waals surface area contributed by atoms with Crippen molar-refractivity contribution in [3.05, 3.63) is 69.7 Å². The summed E-state index contributed by atoms with van der Waals surface area (Å²) in [6.07, 6.45) is 0. The quantitative estimate of drug-likeness (QED) is 0.771. The fourth-order valence-corrected chi connectivity index (χ4v) is 2.57. The average Bonchev–Trinajstić information content (AvgIpc) is 2.54. The Kier molecular flexibility index (Phi) is 6.16. The van der Waals surface area contributed by atoms with Gasteiger partial charge in [-0.05, 0) is 43.2 Å². The maximum Gasteiger partial charge on any atom is 0.338 e. The van der Waals surface area contributed by atoms with Gasteiger partial charge in [0.05, 0.1) is 12.2 Å². The minimum absolute atomic E-state index is 0.198. The zero-order chi connectivity index (χ0) is 15.9. The van der Waals surface area contributed by atoms with Crippen LogP contribution in [0.15, 0.2) is 53.0 Å². The van der Waals surface area contributed by atoms with Crippen molar-refractivity contribution in [3.8, 4) is 0 Å². The highest BCUT2D eigenvalue weighted by Crippen LogP contribution is 2.18. The van der Waals surface area contributed by atoms with Gasteiger partial charge in [-0.3, -0.25) is 0 Å². The van der Waals surface area contributed by atoms with Gasteiger partial charge in [-0.2, -0.15) is 0 Å². The van der Waals surface area contributed by atoms with Crippen LogP contribution in [0.5, 0.6) is 0 Å². The van der Waals surface area contributed by atoms with E-state index in [1.807, 2.05) is 42.5 Å². The molecule has 22 heavy (non-hydrogen) atoms. The summed E-state index contributed by atoms with van der Waals surface area (Å²) in [7, 11) is 0. The molecule has 2 rings (SSSR count). The van der Waals surface area contributed by atoms with Crippen molar-refractivity contribution < 1.29 is 9.53 Å². The number of esters is 1. The highest BCUT2D eigenvalue weighted by atomic mass is 79.9. The molecule has 2 aromatic rings. The normalized spacial score (nSPS) is 12.0. The predicted molar refractivity (Wildman–Crippen MR) is 91.8 cm³/mol. The number of carbonyl (C=O) groups excluding carboxylic acids is 1. The van der Waals surface area contributed by atoms with E-state index in [1.165, 1.54) is 5.56 Å². The van der Waals surface area contributed by atoms with E-state index < -0.39 is 0 Å². The second-order valence-electron chi connectivity index (χ2n) is 5.04. The first-order chi connectivity index (χ1) is 10.6. The van der Waals surface area contributed by atoms with Crippen LogP contribution in [0, 0.1) is 0 Å². The molecular formula is C18H20BrNO2. The summed E-state index contributed by atoms with van der Waals surface area (Å²) in [6.45, 7) is 5.09. The second kappa shape index (κ2) is 8.11. The van der Waals surface area contributed by atoms with Crippen LogP contribution in [0.25, 0.3) is 0 Å². The third kappa shape index (κ3) is 4.42. The van der Waals surface area contributed by atoms with E-state index in [0.29, 0.717) is 12.2 Å². The van der Waals surface area contributed by atoms with E-state index >= 15 is 0 Å². The largest absolute Gasteiger partial charge is 0.462 e. The van der Waals surface area contributed by atoms with E-state index in [2.05, 4.69) is 34.2 Å². The second-order valence-corrected chi connectivity index (χ2v) is 5.89. The standard InChI is InChI=1S/C18H20BrNO2/c1-3-22-18(21)15-10-8-14(9-11-15)13(2)20-12-16-6-4-5-7-17(16)19/h4-11,13,20H,3,12H2,1-2H3. The highest BCUT2D eigenvalue weighted by Gasteiger charge is 2.09. The van der Waals surface area contributed by atoms with Crippen LogP contribution in [-0.2, 0) is 11.3 Å². The first-order valence-corrected chi connectivity index (χ1v) is 8.15. The Hall–Kier alpha value is -1.65. The molecule has 0 radical (unpaired) electrons. The number of hydrogen-bond acceptors (Lipinski definition) is 3. The van der Waals surface area contributed by atoms with Gasteiger partial charge >= 0.3 is 5.97 Å². The van der Waals surface area contributed by atoms with Gasteiger partial charge in [-0.15, -0.1) is 0 Å². The molecule has 0 bridgehead atoms. The van der Waals surface area contributed by atoms with Crippen LogP contribution >= 0.6 is 15.9 Å². The van der Waals surface area contributed by atoms with Crippen molar-refractivity contribution in [3.63, 3.8) is 0 Å². The third-order valence-electron chi connectivity index (χ3n) is 3.48. The number of benzene rings is 2. The van der Waals surface area contributed by atoms with E-state index in [0.717, 1.165) is 16.6 Å². The maximum atomic E-state index is 11.6. The summed E-state index contributed by atoms with van der Waals surface area (Å²) in [5.41, 5.74) is 2.95. The van der Waals surface area contributed by atoms with Gasteiger partial charge in [0.15, 0.2) is 0 Å². The molecule has 0 aliphatic carbocycles. The molecule has 0 saturated carbocycles. The zero-order valence-corrected chi connectivity index (χ0v) is 14.4. The van der Waals surface area contributed by atoms with Crippen LogP contribution in [0.2, 0.25) is 0 Å². The molecule has 1 N–H and O–H groups in total. The lowest BCUT2D eigenvalue weighted by Gasteiger charge is -2.15. The molecule has 0 amide bonds. The Morgan fingerprint density at radius 1 is 1.18 bits per heavy atom. The van der Waals surface area contributed by atoms with Gasteiger partial charge in [0.1, 0.15) is 0 Å². The van der Waals surface area contributed by atoms with Gasteiger partial charge in [0.25, 0.3) is 0 Å². The van der Waals surface area contributed by atoms with E-state index in [9.17, 15) is 4.79 Å². The molecule has 1 unspecified atom stereocenters. The Morgan fingerprint density at radius 3 is 2.50 bits per heavy atom. The molecule has 0 saturated heterocycles. The SMILES string of the molecule is CCOC(=O)c1ccc(C(C)NCc2ccccc2Br)cc1. The lowest BCUT2D eigenvalue weighted by atomic mass is 10.1. The number of ether oxygens (including phenoxy) is 1. The molecule has 0 aliphatic rings. The molecule has 3 nitrogen and oxygen atoms in total. The molecule has 0 fully saturated rings. The number of hydrogen-bond donors (Lipinski definition) is 1. The minimum Gasteiger partial charge on any atom is -0.462 e. The Bertz CT molecular complexity index is 625. The third-order valence-corrected chi connectivity index (χ3v) is 4.25. The summed E-state index contributed by atoms with van der Waals surface area (Å²) >= 11 is 3.55.